The SMILES string of the molecule is COc1ccc(COC/C=C(\C)CCC=C(C)C)cc1. The van der Waals surface area contributed by atoms with E-state index in [0.29, 0.717) is 13.2 Å². The molecular weight excluding hydrogens is 248 g/mol. The molecule has 0 saturated carbocycles. The highest BCUT2D eigenvalue weighted by Gasteiger charge is 1.94. The van der Waals surface area contributed by atoms with Crippen LogP contribution in [0.15, 0.2) is 47.6 Å². The summed E-state index contributed by atoms with van der Waals surface area (Å²) in [6.45, 7) is 7.75. The number of ether oxygens (including phenoxy) is 2. The Labute approximate surface area is 123 Å². The van der Waals surface area contributed by atoms with Gasteiger partial charge < -0.3 is 9.47 Å². The molecule has 0 atom stereocenters. The molecule has 0 heterocycles. The van der Waals surface area contributed by atoms with E-state index in [1.807, 2.05) is 24.3 Å². The second kappa shape index (κ2) is 9.38. The van der Waals surface area contributed by atoms with Crippen molar-refractivity contribution >= 4 is 0 Å². The Kier molecular flexibility index (Phi) is 7.74. The van der Waals surface area contributed by atoms with Crippen LogP contribution in [0.5, 0.6) is 5.75 Å². The Bertz CT molecular complexity index is 437. The normalized spacial score (nSPS) is 11.3. The Morgan fingerprint density at radius 1 is 1.05 bits per heavy atom. The lowest BCUT2D eigenvalue weighted by Gasteiger charge is -2.04. The predicted octanol–water partition coefficient (Wildman–Crippen LogP) is 4.90. The van der Waals surface area contributed by atoms with Gasteiger partial charge in [-0.15, -0.1) is 0 Å². The van der Waals surface area contributed by atoms with Gasteiger partial charge >= 0.3 is 0 Å². The second-order valence-electron chi connectivity index (χ2n) is 5.23. The molecule has 0 aliphatic heterocycles. The average molecular weight is 274 g/mol. The highest BCUT2D eigenvalue weighted by Crippen LogP contribution is 2.12. The molecule has 0 amide bonds. The van der Waals surface area contributed by atoms with Gasteiger partial charge in [0.1, 0.15) is 5.75 Å². The summed E-state index contributed by atoms with van der Waals surface area (Å²) < 4.78 is 10.8. The molecule has 110 valence electrons. The van der Waals surface area contributed by atoms with Crippen LogP contribution in [0.2, 0.25) is 0 Å². The van der Waals surface area contributed by atoms with Gasteiger partial charge in [-0.1, -0.05) is 35.4 Å². The van der Waals surface area contributed by atoms with Crippen molar-refractivity contribution in [2.45, 2.75) is 40.2 Å². The maximum absolute atomic E-state index is 5.66. The van der Waals surface area contributed by atoms with Crippen molar-refractivity contribution in [3.63, 3.8) is 0 Å². The fourth-order valence-corrected chi connectivity index (χ4v) is 1.79. The molecule has 0 aliphatic carbocycles. The molecule has 0 bridgehead atoms. The number of allylic oxidation sites excluding steroid dienone is 3. The van der Waals surface area contributed by atoms with Gasteiger partial charge in [0.05, 0.1) is 20.3 Å². The van der Waals surface area contributed by atoms with Crippen molar-refractivity contribution in [3.05, 3.63) is 53.1 Å². The summed E-state index contributed by atoms with van der Waals surface area (Å²) in [7, 11) is 1.67. The third-order valence-corrected chi connectivity index (χ3v) is 3.07. The third-order valence-electron chi connectivity index (χ3n) is 3.07. The number of rotatable bonds is 8. The zero-order valence-electron chi connectivity index (χ0n) is 13.1. The summed E-state index contributed by atoms with van der Waals surface area (Å²) in [5, 5.41) is 0. The highest BCUT2D eigenvalue weighted by molar-refractivity contribution is 5.26. The molecule has 0 unspecified atom stereocenters. The van der Waals surface area contributed by atoms with Gasteiger partial charge in [0, 0.05) is 0 Å². The van der Waals surface area contributed by atoms with Crippen LogP contribution in [0.3, 0.4) is 0 Å². The first kappa shape index (κ1) is 16.5. The minimum atomic E-state index is 0.641. The first-order valence-corrected chi connectivity index (χ1v) is 7.11. The lowest BCUT2D eigenvalue weighted by molar-refractivity contribution is 0.148. The van der Waals surface area contributed by atoms with Crippen LogP contribution in [-0.4, -0.2) is 13.7 Å². The molecule has 0 N–H and O–H groups in total. The average Bonchev–Trinajstić information content (AvgIpc) is 2.44. The van der Waals surface area contributed by atoms with Crippen LogP contribution in [0.25, 0.3) is 0 Å². The van der Waals surface area contributed by atoms with Gasteiger partial charge in [-0.05, 0) is 51.3 Å². The molecule has 0 radical (unpaired) electrons. The molecule has 2 heteroatoms. The number of benzene rings is 1. The largest absolute Gasteiger partial charge is 0.497 e. The summed E-state index contributed by atoms with van der Waals surface area (Å²) in [5.41, 5.74) is 3.94. The summed E-state index contributed by atoms with van der Waals surface area (Å²) in [6, 6.07) is 7.98. The summed E-state index contributed by atoms with van der Waals surface area (Å²) >= 11 is 0. The van der Waals surface area contributed by atoms with Crippen molar-refractivity contribution in [2.24, 2.45) is 0 Å². The minimum Gasteiger partial charge on any atom is -0.497 e. The molecule has 0 saturated heterocycles. The van der Waals surface area contributed by atoms with Crippen LogP contribution in [0.4, 0.5) is 0 Å². The van der Waals surface area contributed by atoms with E-state index in [-0.39, 0.29) is 0 Å². The molecule has 0 spiro atoms. The van der Waals surface area contributed by atoms with E-state index in [4.69, 9.17) is 9.47 Å². The van der Waals surface area contributed by atoms with Crippen LogP contribution in [-0.2, 0) is 11.3 Å². The maximum Gasteiger partial charge on any atom is 0.118 e. The molecule has 0 aromatic heterocycles. The molecule has 0 aliphatic rings. The Morgan fingerprint density at radius 3 is 2.35 bits per heavy atom. The van der Waals surface area contributed by atoms with E-state index >= 15 is 0 Å². The minimum absolute atomic E-state index is 0.641. The van der Waals surface area contributed by atoms with Crippen molar-refractivity contribution in [1.82, 2.24) is 0 Å². The predicted molar refractivity (Wildman–Crippen MR) is 85.1 cm³/mol. The van der Waals surface area contributed by atoms with Crippen LogP contribution < -0.4 is 4.74 Å². The zero-order valence-corrected chi connectivity index (χ0v) is 13.1. The van der Waals surface area contributed by atoms with E-state index in [9.17, 15) is 0 Å². The molecule has 0 fully saturated rings. The summed E-state index contributed by atoms with van der Waals surface area (Å²) in [4.78, 5) is 0. The number of methoxy groups -OCH3 is 1. The first-order chi connectivity index (χ1) is 9.61. The van der Waals surface area contributed by atoms with Gasteiger partial charge in [-0.25, -0.2) is 0 Å². The molecular formula is C18H26O2. The fourth-order valence-electron chi connectivity index (χ4n) is 1.79. The zero-order chi connectivity index (χ0) is 14.8. The highest BCUT2D eigenvalue weighted by atomic mass is 16.5. The van der Waals surface area contributed by atoms with Crippen molar-refractivity contribution < 1.29 is 9.47 Å². The lowest BCUT2D eigenvalue weighted by atomic mass is 10.1. The molecule has 20 heavy (non-hydrogen) atoms. The topological polar surface area (TPSA) is 18.5 Å². The van der Waals surface area contributed by atoms with Crippen LogP contribution in [0.1, 0.15) is 39.2 Å². The van der Waals surface area contributed by atoms with Crippen molar-refractivity contribution in [1.29, 1.82) is 0 Å². The van der Waals surface area contributed by atoms with E-state index in [2.05, 4.69) is 32.9 Å². The molecule has 1 aromatic rings. The first-order valence-electron chi connectivity index (χ1n) is 7.11. The summed E-state index contributed by atoms with van der Waals surface area (Å²) in [5.74, 6) is 0.878. The number of hydrogen-bond acceptors (Lipinski definition) is 2. The van der Waals surface area contributed by atoms with Gasteiger partial charge in [0.25, 0.3) is 0 Å². The van der Waals surface area contributed by atoms with Gasteiger partial charge in [0.15, 0.2) is 0 Å². The van der Waals surface area contributed by atoms with Gasteiger partial charge in [-0.2, -0.15) is 0 Å². The smallest absolute Gasteiger partial charge is 0.118 e. The van der Waals surface area contributed by atoms with Gasteiger partial charge in [0.2, 0.25) is 0 Å². The molecule has 2 nitrogen and oxygen atoms in total. The van der Waals surface area contributed by atoms with Gasteiger partial charge in [-0.3, -0.25) is 0 Å². The fraction of sp³-hybridized carbons (Fsp3) is 0.444. The Morgan fingerprint density at radius 2 is 1.75 bits per heavy atom. The molecule has 1 aromatic carbocycles. The standard InChI is InChI=1S/C18H26O2/c1-15(2)6-5-7-16(3)12-13-20-14-17-8-10-18(19-4)11-9-17/h6,8-12H,5,7,13-14H2,1-4H3/b16-12+. The van der Waals surface area contributed by atoms with E-state index in [0.717, 1.165) is 18.6 Å². The van der Waals surface area contributed by atoms with Crippen LogP contribution >= 0.6 is 0 Å². The monoisotopic (exact) mass is 274 g/mol. The van der Waals surface area contributed by atoms with Crippen molar-refractivity contribution in [3.8, 4) is 5.75 Å². The maximum atomic E-state index is 5.66. The lowest BCUT2D eigenvalue weighted by Crippen LogP contribution is -1.94. The molecule has 1 rings (SSSR count). The van der Waals surface area contributed by atoms with E-state index in [1.54, 1.807) is 7.11 Å². The third kappa shape index (κ3) is 7.15. The summed E-state index contributed by atoms with van der Waals surface area (Å²) in [6.07, 6.45) is 6.66. The Balaban J connectivity index is 2.24. The second-order valence-corrected chi connectivity index (χ2v) is 5.23. The Hall–Kier alpha value is -1.54. The number of hydrogen-bond donors (Lipinski definition) is 0. The van der Waals surface area contributed by atoms with E-state index in [1.165, 1.54) is 16.7 Å². The van der Waals surface area contributed by atoms with Crippen LogP contribution in [0, 0.1) is 0 Å². The van der Waals surface area contributed by atoms with Crippen molar-refractivity contribution in [2.75, 3.05) is 13.7 Å². The van der Waals surface area contributed by atoms with E-state index < -0.39 is 0 Å². The quantitative estimate of drug-likeness (QED) is 0.495.